The Morgan fingerprint density at radius 3 is 2.29 bits per heavy atom. The van der Waals surface area contributed by atoms with Gasteiger partial charge in [-0.05, 0) is 44.4 Å². The molecule has 17 heavy (non-hydrogen) atoms. The van der Waals surface area contributed by atoms with Crippen molar-refractivity contribution < 1.29 is 9.90 Å². The third kappa shape index (κ3) is 4.30. The topological polar surface area (TPSA) is 49.3 Å². The van der Waals surface area contributed by atoms with E-state index in [1.54, 1.807) is 0 Å². The van der Waals surface area contributed by atoms with Crippen LogP contribution in [-0.4, -0.2) is 23.2 Å². The van der Waals surface area contributed by atoms with E-state index in [0.29, 0.717) is 12.5 Å². The van der Waals surface area contributed by atoms with Crippen LogP contribution in [0.15, 0.2) is 0 Å². The third-order valence-electron chi connectivity index (χ3n) is 3.69. The van der Waals surface area contributed by atoms with Crippen LogP contribution in [0.25, 0.3) is 0 Å². The maximum atomic E-state index is 11.7. The Labute approximate surface area is 105 Å². The smallest absolute Gasteiger partial charge is 0.251 e. The molecular formula is C14H27NO2. The molecule has 0 spiro atoms. The van der Waals surface area contributed by atoms with E-state index in [1.165, 1.54) is 46.0 Å². The zero-order chi connectivity index (χ0) is 13.1. The van der Waals surface area contributed by atoms with Crippen molar-refractivity contribution in [2.45, 2.75) is 65.4 Å². The summed E-state index contributed by atoms with van der Waals surface area (Å²) in [6.07, 6.45) is 6.12. The van der Waals surface area contributed by atoms with Crippen molar-refractivity contribution in [2.24, 2.45) is 11.3 Å². The Morgan fingerprint density at radius 1 is 1.35 bits per heavy atom. The van der Waals surface area contributed by atoms with Gasteiger partial charge in [0.05, 0.1) is 0 Å². The van der Waals surface area contributed by atoms with E-state index in [-0.39, 0.29) is 11.3 Å². The predicted octanol–water partition coefficient (Wildman–Crippen LogP) is 2.48. The second-order valence-corrected chi connectivity index (χ2v) is 6.55. The van der Waals surface area contributed by atoms with Crippen LogP contribution >= 0.6 is 0 Å². The molecule has 0 aromatic heterocycles. The number of rotatable bonds is 5. The molecule has 0 bridgehead atoms. The van der Waals surface area contributed by atoms with Gasteiger partial charge >= 0.3 is 0 Å². The normalized spacial score (nSPS) is 19.6. The van der Waals surface area contributed by atoms with Gasteiger partial charge in [0.2, 0.25) is 0 Å². The monoisotopic (exact) mass is 241 g/mol. The van der Waals surface area contributed by atoms with E-state index in [1.807, 2.05) is 0 Å². The van der Waals surface area contributed by atoms with Gasteiger partial charge in [-0.25, -0.2) is 0 Å². The highest BCUT2D eigenvalue weighted by Gasteiger charge is 2.35. The van der Waals surface area contributed by atoms with E-state index in [2.05, 4.69) is 19.2 Å². The highest BCUT2D eigenvalue weighted by molar-refractivity contribution is 5.83. The minimum atomic E-state index is -1.27. The molecule has 1 aliphatic carbocycles. The van der Waals surface area contributed by atoms with Crippen LogP contribution in [0.2, 0.25) is 0 Å². The maximum absolute atomic E-state index is 11.7. The number of carbonyl (C=O) groups is 1. The number of hydrogen-bond acceptors (Lipinski definition) is 2. The molecule has 0 unspecified atom stereocenters. The number of amides is 1. The van der Waals surface area contributed by atoms with Gasteiger partial charge in [0.1, 0.15) is 5.60 Å². The minimum Gasteiger partial charge on any atom is -0.381 e. The van der Waals surface area contributed by atoms with Crippen LogP contribution in [0.4, 0.5) is 0 Å². The molecule has 3 nitrogen and oxygen atoms in total. The summed E-state index contributed by atoms with van der Waals surface area (Å²) in [5, 5.41) is 12.5. The second kappa shape index (κ2) is 5.38. The summed E-state index contributed by atoms with van der Waals surface area (Å²) in [5.74, 6) is 0.402. The molecule has 1 fully saturated rings. The molecule has 1 saturated carbocycles. The summed E-state index contributed by atoms with van der Waals surface area (Å²) in [6, 6.07) is 0. The van der Waals surface area contributed by atoms with Gasteiger partial charge in [-0.15, -0.1) is 0 Å². The molecular weight excluding hydrogens is 214 g/mol. The lowest BCUT2D eigenvalue weighted by Gasteiger charge is -2.32. The molecule has 0 aromatic rings. The molecule has 0 aliphatic heterocycles. The van der Waals surface area contributed by atoms with Gasteiger partial charge in [0.15, 0.2) is 0 Å². The van der Waals surface area contributed by atoms with Crippen LogP contribution in [0, 0.1) is 11.3 Å². The lowest BCUT2D eigenvalue weighted by Crippen LogP contribution is -2.46. The second-order valence-electron chi connectivity index (χ2n) is 6.55. The van der Waals surface area contributed by atoms with Crippen LogP contribution < -0.4 is 5.32 Å². The average Bonchev–Trinajstić information content (AvgIpc) is 2.60. The lowest BCUT2D eigenvalue weighted by molar-refractivity contribution is -0.137. The molecule has 100 valence electrons. The fraction of sp³-hybridized carbons (Fsp3) is 0.929. The zero-order valence-electron chi connectivity index (χ0n) is 11.7. The van der Waals surface area contributed by atoms with Crippen LogP contribution in [-0.2, 0) is 4.79 Å². The van der Waals surface area contributed by atoms with E-state index in [0.717, 1.165) is 0 Å². The third-order valence-corrected chi connectivity index (χ3v) is 3.69. The van der Waals surface area contributed by atoms with Crippen molar-refractivity contribution in [2.75, 3.05) is 6.54 Å². The summed E-state index contributed by atoms with van der Waals surface area (Å²) < 4.78 is 0. The standard InChI is InChI=1S/C14H27NO2/c1-11(2)9-14(7-5-6-8-14)10-15-12(16)13(3,4)17/h11,17H,5-10H2,1-4H3,(H,15,16). The molecule has 0 aromatic carbocycles. The highest BCUT2D eigenvalue weighted by atomic mass is 16.3. The summed E-state index contributed by atoms with van der Waals surface area (Å²) in [6.45, 7) is 8.25. The van der Waals surface area contributed by atoms with Gasteiger partial charge in [-0.2, -0.15) is 0 Å². The Balaban J connectivity index is 2.54. The summed E-state index contributed by atoms with van der Waals surface area (Å²) in [7, 11) is 0. The van der Waals surface area contributed by atoms with Gasteiger partial charge in [-0.3, -0.25) is 4.79 Å². The number of nitrogens with one attached hydrogen (secondary N) is 1. The fourth-order valence-corrected chi connectivity index (χ4v) is 2.93. The van der Waals surface area contributed by atoms with Crippen LogP contribution in [0.3, 0.4) is 0 Å². The molecule has 1 rings (SSSR count). The molecule has 0 radical (unpaired) electrons. The Bertz CT molecular complexity index is 260. The Kier molecular flexibility index (Phi) is 4.59. The summed E-state index contributed by atoms with van der Waals surface area (Å²) >= 11 is 0. The van der Waals surface area contributed by atoms with Gasteiger partial charge < -0.3 is 10.4 Å². The first-order chi connectivity index (χ1) is 7.75. The fourth-order valence-electron chi connectivity index (χ4n) is 2.93. The van der Waals surface area contributed by atoms with Crippen LogP contribution in [0.5, 0.6) is 0 Å². The molecule has 1 amide bonds. The van der Waals surface area contributed by atoms with E-state index in [9.17, 15) is 9.90 Å². The summed E-state index contributed by atoms with van der Waals surface area (Å²) in [5.41, 5.74) is -0.993. The molecule has 0 atom stereocenters. The molecule has 3 heteroatoms. The first-order valence-corrected chi connectivity index (χ1v) is 6.76. The van der Waals surface area contributed by atoms with Crippen molar-refractivity contribution in [3.8, 4) is 0 Å². The number of carbonyl (C=O) groups excluding carboxylic acids is 1. The highest BCUT2D eigenvalue weighted by Crippen LogP contribution is 2.42. The quantitative estimate of drug-likeness (QED) is 0.777. The first kappa shape index (κ1) is 14.5. The van der Waals surface area contributed by atoms with E-state index in [4.69, 9.17) is 0 Å². The van der Waals surface area contributed by atoms with Gasteiger partial charge in [0, 0.05) is 6.54 Å². The number of hydrogen-bond donors (Lipinski definition) is 2. The zero-order valence-corrected chi connectivity index (χ0v) is 11.7. The average molecular weight is 241 g/mol. The maximum Gasteiger partial charge on any atom is 0.251 e. The summed E-state index contributed by atoms with van der Waals surface area (Å²) in [4.78, 5) is 11.7. The van der Waals surface area contributed by atoms with Crippen molar-refractivity contribution in [1.29, 1.82) is 0 Å². The first-order valence-electron chi connectivity index (χ1n) is 6.76. The Morgan fingerprint density at radius 2 is 1.88 bits per heavy atom. The largest absolute Gasteiger partial charge is 0.381 e. The van der Waals surface area contributed by atoms with E-state index < -0.39 is 5.60 Å². The SMILES string of the molecule is CC(C)CC1(CNC(=O)C(C)(C)O)CCCC1. The number of aliphatic hydroxyl groups is 1. The van der Waals surface area contributed by atoms with Crippen LogP contribution in [0.1, 0.15) is 59.8 Å². The molecule has 2 N–H and O–H groups in total. The van der Waals surface area contributed by atoms with Crippen molar-refractivity contribution >= 4 is 5.91 Å². The predicted molar refractivity (Wildman–Crippen MR) is 69.7 cm³/mol. The van der Waals surface area contributed by atoms with Crippen molar-refractivity contribution in [1.82, 2.24) is 5.32 Å². The minimum absolute atomic E-state index is 0.257. The Hall–Kier alpha value is -0.570. The van der Waals surface area contributed by atoms with E-state index >= 15 is 0 Å². The van der Waals surface area contributed by atoms with Crippen molar-refractivity contribution in [3.05, 3.63) is 0 Å². The van der Waals surface area contributed by atoms with Crippen molar-refractivity contribution in [3.63, 3.8) is 0 Å². The van der Waals surface area contributed by atoms with Gasteiger partial charge in [0.25, 0.3) is 5.91 Å². The molecule has 0 heterocycles. The molecule has 0 saturated heterocycles. The lowest BCUT2D eigenvalue weighted by atomic mass is 9.78. The molecule has 1 aliphatic rings. The van der Waals surface area contributed by atoms with Gasteiger partial charge in [-0.1, -0.05) is 26.7 Å².